The molecule has 2 rings (SSSR count). The summed E-state index contributed by atoms with van der Waals surface area (Å²) in [6, 6.07) is 8.20. The van der Waals surface area contributed by atoms with Gasteiger partial charge in [0.15, 0.2) is 11.6 Å². The predicted molar refractivity (Wildman–Crippen MR) is 74.8 cm³/mol. The molecular formula is C13H10BrClFNO. The molecule has 0 spiro atoms. The van der Waals surface area contributed by atoms with E-state index in [2.05, 4.69) is 15.9 Å². The van der Waals surface area contributed by atoms with Gasteiger partial charge in [-0.1, -0.05) is 33.6 Å². The van der Waals surface area contributed by atoms with Gasteiger partial charge < -0.3 is 10.5 Å². The molecule has 0 aromatic heterocycles. The van der Waals surface area contributed by atoms with Gasteiger partial charge >= 0.3 is 0 Å². The normalized spacial score (nSPS) is 10.4. The van der Waals surface area contributed by atoms with Crippen LogP contribution in [0.2, 0.25) is 5.02 Å². The Morgan fingerprint density at radius 3 is 2.67 bits per heavy atom. The van der Waals surface area contributed by atoms with Crippen LogP contribution in [-0.4, -0.2) is 0 Å². The molecule has 94 valence electrons. The lowest BCUT2D eigenvalue weighted by Gasteiger charge is -2.11. The number of nitrogen functional groups attached to an aromatic ring is 1. The van der Waals surface area contributed by atoms with Gasteiger partial charge in [0.2, 0.25) is 0 Å². The number of benzene rings is 2. The van der Waals surface area contributed by atoms with Crippen molar-refractivity contribution in [2.75, 3.05) is 5.73 Å². The van der Waals surface area contributed by atoms with Gasteiger partial charge in [0.25, 0.3) is 0 Å². The second kappa shape index (κ2) is 5.16. The van der Waals surface area contributed by atoms with Crippen molar-refractivity contribution >= 4 is 33.2 Å². The van der Waals surface area contributed by atoms with Crippen molar-refractivity contribution in [2.24, 2.45) is 0 Å². The van der Waals surface area contributed by atoms with Crippen molar-refractivity contribution in [2.45, 2.75) is 6.92 Å². The van der Waals surface area contributed by atoms with Gasteiger partial charge in [0.1, 0.15) is 5.75 Å². The first-order valence-corrected chi connectivity index (χ1v) is 6.33. The summed E-state index contributed by atoms with van der Waals surface area (Å²) in [5.41, 5.74) is 6.42. The van der Waals surface area contributed by atoms with E-state index in [1.54, 1.807) is 37.3 Å². The van der Waals surface area contributed by atoms with Crippen molar-refractivity contribution in [3.63, 3.8) is 0 Å². The molecule has 0 aliphatic carbocycles. The molecule has 2 aromatic carbocycles. The molecule has 2 N–H and O–H groups in total. The first-order valence-electron chi connectivity index (χ1n) is 5.16. The predicted octanol–water partition coefficient (Wildman–Crippen LogP) is 4.92. The number of anilines is 1. The van der Waals surface area contributed by atoms with Crippen molar-refractivity contribution in [1.29, 1.82) is 0 Å². The summed E-state index contributed by atoms with van der Waals surface area (Å²) in [6.45, 7) is 1.65. The number of aryl methyl sites for hydroxylation is 1. The lowest BCUT2D eigenvalue weighted by Crippen LogP contribution is -1.97. The topological polar surface area (TPSA) is 35.2 Å². The highest BCUT2D eigenvalue weighted by atomic mass is 79.9. The molecule has 0 amide bonds. The maximum absolute atomic E-state index is 13.9. The third-order valence-corrected chi connectivity index (χ3v) is 3.05. The quantitative estimate of drug-likeness (QED) is 0.793. The molecule has 0 fully saturated rings. The van der Waals surface area contributed by atoms with Crippen LogP contribution in [0.15, 0.2) is 34.8 Å². The average Bonchev–Trinajstić information content (AvgIpc) is 2.28. The van der Waals surface area contributed by atoms with E-state index in [-0.39, 0.29) is 11.4 Å². The Hall–Kier alpha value is -1.26. The van der Waals surface area contributed by atoms with Gasteiger partial charge in [0, 0.05) is 9.50 Å². The Morgan fingerprint density at radius 2 is 2.00 bits per heavy atom. The largest absolute Gasteiger partial charge is 0.452 e. The molecule has 0 saturated carbocycles. The summed E-state index contributed by atoms with van der Waals surface area (Å²) in [7, 11) is 0. The molecule has 0 radical (unpaired) electrons. The number of hydrogen-bond donors (Lipinski definition) is 1. The number of ether oxygens (including phenoxy) is 1. The van der Waals surface area contributed by atoms with E-state index < -0.39 is 5.82 Å². The molecular weight excluding hydrogens is 321 g/mol. The second-order valence-electron chi connectivity index (χ2n) is 3.82. The van der Waals surface area contributed by atoms with Gasteiger partial charge in [-0.25, -0.2) is 4.39 Å². The second-order valence-corrected chi connectivity index (χ2v) is 5.17. The molecule has 2 nitrogen and oxygen atoms in total. The zero-order chi connectivity index (χ0) is 13.3. The minimum atomic E-state index is -0.467. The molecule has 0 unspecified atom stereocenters. The van der Waals surface area contributed by atoms with E-state index in [1.807, 2.05) is 0 Å². The standard InChI is InChI=1S/C13H10BrClFNO/c1-7-2-3-11(17)13(12(7)16)18-10-5-8(14)4-9(15)6-10/h2-6H,17H2,1H3. The molecule has 5 heteroatoms. The summed E-state index contributed by atoms with van der Waals surface area (Å²) in [4.78, 5) is 0. The van der Waals surface area contributed by atoms with Crippen molar-refractivity contribution < 1.29 is 9.13 Å². The first kappa shape index (κ1) is 13.2. The Balaban J connectivity index is 2.42. The highest BCUT2D eigenvalue weighted by molar-refractivity contribution is 9.10. The third-order valence-electron chi connectivity index (χ3n) is 2.38. The van der Waals surface area contributed by atoms with E-state index in [0.29, 0.717) is 16.3 Å². The van der Waals surface area contributed by atoms with E-state index in [1.165, 1.54) is 0 Å². The molecule has 0 saturated heterocycles. The van der Waals surface area contributed by atoms with Crippen LogP contribution in [0, 0.1) is 12.7 Å². The van der Waals surface area contributed by atoms with Crippen molar-refractivity contribution in [1.82, 2.24) is 0 Å². The van der Waals surface area contributed by atoms with Crippen LogP contribution in [0.25, 0.3) is 0 Å². The smallest absolute Gasteiger partial charge is 0.186 e. The van der Waals surface area contributed by atoms with Crippen LogP contribution >= 0.6 is 27.5 Å². The molecule has 0 aliphatic heterocycles. The lowest BCUT2D eigenvalue weighted by molar-refractivity contribution is 0.442. The Kier molecular flexibility index (Phi) is 3.78. The zero-order valence-electron chi connectivity index (χ0n) is 9.51. The van der Waals surface area contributed by atoms with Crippen LogP contribution < -0.4 is 10.5 Å². The fourth-order valence-electron chi connectivity index (χ4n) is 1.48. The Labute approximate surface area is 118 Å². The number of nitrogens with two attached hydrogens (primary N) is 1. The van der Waals surface area contributed by atoms with Gasteiger partial charge in [0.05, 0.1) is 5.69 Å². The zero-order valence-corrected chi connectivity index (χ0v) is 11.8. The fourth-order valence-corrected chi connectivity index (χ4v) is 2.31. The summed E-state index contributed by atoms with van der Waals surface area (Å²) < 4.78 is 20.1. The summed E-state index contributed by atoms with van der Waals surface area (Å²) in [6.07, 6.45) is 0. The molecule has 2 aromatic rings. The number of rotatable bonds is 2. The Bertz CT molecular complexity index is 584. The van der Waals surface area contributed by atoms with E-state index in [4.69, 9.17) is 22.1 Å². The first-order chi connectivity index (χ1) is 8.47. The van der Waals surface area contributed by atoms with Gasteiger partial charge in [-0.3, -0.25) is 0 Å². The van der Waals surface area contributed by atoms with Crippen molar-refractivity contribution in [3.8, 4) is 11.5 Å². The molecule has 0 atom stereocenters. The van der Waals surface area contributed by atoms with Gasteiger partial charge in [-0.2, -0.15) is 0 Å². The van der Waals surface area contributed by atoms with E-state index in [0.717, 1.165) is 4.47 Å². The van der Waals surface area contributed by atoms with Gasteiger partial charge in [-0.15, -0.1) is 0 Å². The number of hydrogen-bond acceptors (Lipinski definition) is 2. The number of halogens is 3. The summed E-state index contributed by atoms with van der Waals surface area (Å²) in [5.74, 6) is -0.0270. The minimum Gasteiger partial charge on any atom is -0.452 e. The highest BCUT2D eigenvalue weighted by Crippen LogP contribution is 2.34. The van der Waals surface area contributed by atoms with Gasteiger partial charge in [-0.05, 0) is 36.8 Å². The maximum atomic E-state index is 13.9. The maximum Gasteiger partial charge on any atom is 0.186 e. The highest BCUT2D eigenvalue weighted by Gasteiger charge is 2.12. The molecule has 0 bridgehead atoms. The minimum absolute atomic E-state index is 0.0177. The van der Waals surface area contributed by atoms with Crippen molar-refractivity contribution in [3.05, 3.63) is 51.2 Å². The lowest BCUT2D eigenvalue weighted by atomic mass is 10.2. The Morgan fingerprint density at radius 1 is 1.28 bits per heavy atom. The molecule has 0 heterocycles. The van der Waals surface area contributed by atoms with E-state index >= 15 is 0 Å². The fraction of sp³-hybridized carbons (Fsp3) is 0.0769. The SMILES string of the molecule is Cc1ccc(N)c(Oc2cc(Cl)cc(Br)c2)c1F. The van der Waals surface area contributed by atoms with Crippen LogP contribution in [-0.2, 0) is 0 Å². The van der Waals surface area contributed by atoms with Crippen LogP contribution in [0.1, 0.15) is 5.56 Å². The molecule has 18 heavy (non-hydrogen) atoms. The van der Waals surface area contributed by atoms with Crippen LogP contribution in [0.3, 0.4) is 0 Å². The monoisotopic (exact) mass is 329 g/mol. The summed E-state index contributed by atoms with van der Waals surface area (Å²) >= 11 is 9.18. The van der Waals surface area contributed by atoms with Crippen LogP contribution in [0.4, 0.5) is 10.1 Å². The van der Waals surface area contributed by atoms with E-state index in [9.17, 15) is 4.39 Å². The van der Waals surface area contributed by atoms with Crippen LogP contribution in [0.5, 0.6) is 11.5 Å². The summed E-state index contributed by atoms with van der Waals surface area (Å²) in [5, 5.41) is 0.492. The third kappa shape index (κ3) is 2.76. The molecule has 0 aliphatic rings. The average molecular weight is 331 g/mol.